The Bertz CT molecular complexity index is 401. The van der Waals surface area contributed by atoms with Gasteiger partial charge >= 0.3 is 5.97 Å². The Hall–Kier alpha value is -1.07. The van der Waals surface area contributed by atoms with E-state index in [0.717, 1.165) is 0 Å². The van der Waals surface area contributed by atoms with Crippen LogP contribution in [-0.4, -0.2) is 24.2 Å². The van der Waals surface area contributed by atoms with Crippen molar-refractivity contribution in [2.24, 2.45) is 0 Å². The van der Waals surface area contributed by atoms with Crippen molar-refractivity contribution in [1.29, 1.82) is 0 Å². The fraction of sp³-hybridized carbons (Fsp3) is 0.333. The Balaban J connectivity index is 2.54. The highest BCUT2D eigenvalue weighted by Gasteiger charge is 2.10. The van der Waals surface area contributed by atoms with Gasteiger partial charge in [-0.3, -0.25) is 4.79 Å². The number of nitrogens with zero attached hydrogens (tertiary/aromatic N) is 1. The highest BCUT2D eigenvalue weighted by molar-refractivity contribution is 6.35. The standard InChI is InChI=1S/C9H8Cl2FNO3/c1-5(14)15-2-3-16-9-7(11)4-6(10)8(12)13-9/h4H,2-3H2,1H3. The molecule has 7 heteroatoms. The Morgan fingerprint density at radius 1 is 1.44 bits per heavy atom. The molecule has 1 aromatic heterocycles. The Morgan fingerprint density at radius 2 is 2.12 bits per heavy atom. The van der Waals surface area contributed by atoms with E-state index in [4.69, 9.17) is 27.9 Å². The maximum atomic E-state index is 12.9. The third-order valence-corrected chi connectivity index (χ3v) is 2.02. The molecule has 0 N–H and O–H groups in total. The maximum absolute atomic E-state index is 12.9. The molecule has 0 aromatic carbocycles. The summed E-state index contributed by atoms with van der Waals surface area (Å²) in [6, 6.07) is 1.19. The first-order chi connectivity index (χ1) is 7.50. The van der Waals surface area contributed by atoms with Crippen LogP contribution >= 0.6 is 23.2 Å². The Kier molecular flexibility index (Phi) is 4.76. The zero-order valence-electron chi connectivity index (χ0n) is 8.30. The van der Waals surface area contributed by atoms with Crippen molar-refractivity contribution in [3.8, 4) is 5.88 Å². The molecular weight excluding hydrogens is 260 g/mol. The molecule has 88 valence electrons. The van der Waals surface area contributed by atoms with Gasteiger partial charge in [0.1, 0.15) is 18.2 Å². The molecule has 4 nitrogen and oxygen atoms in total. The molecule has 0 radical (unpaired) electrons. The molecule has 0 saturated heterocycles. The van der Waals surface area contributed by atoms with Crippen LogP contribution in [0.5, 0.6) is 5.88 Å². The first-order valence-corrected chi connectivity index (χ1v) is 5.04. The molecule has 0 aliphatic rings. The minimum atomic E-state index is -0.867. The first-order valence-electron chi connectivity index (χ1n) is 4.28. The quantitative estimate of drug-likeness (QED) is 0.478. The fourth-order valence-electron chi connectivity index (χ4n) is 0.853. The molecule has 0 unspecified atom stereocenters. The second-order valence-electron chi connectivity index (χ2n) is 2.74. The van der Waals surface area contributed by atoms with Crippen LogP contribution in [0.4, 0.5) is 4.39 Å². The lowest BCUT2D eigenvalue weighted by atomic mass is 10.5. The summed E-state index contributed by atoms with van der Waals surface area (Å²) in [6.07, 6.45) is 0. The number of esters is 1. The molecule has 0 fully saturated rings. The first kappa shape index (κ1) is 13.0. The number of rotatable bonds is 4. The van der Waals surface area contributed by atoms with Crippen LogP contribution in [0.2, 0.25) is 10.0 Å². The van der Waals surface area contributed by atoms with E-state index in [-0.39, 0.29) is 29.1 Å². The van der Waals surface area contributed by atoms with Crippen LogP contribution in [-0.2, 0) is 9.53 Å². The van der Waals surface area contributed by atoms with Gasteiger partial charge in [-0.25, -0.2) is 0 Å². The number of aromatic nitrogens is 1. The second kappa shape index (κ2) is 5.86. The van der Waals surface area contributed by atoms with Crippen molar-refractivity contribution in [2.45, 2.75) is 6.92 Å². The van der Waals surface area contributed by atoms with Gasteiger partial charge in [0.2, 0.25) is 11.8 Å². The molecule has 1 heterocycles. The van der Waals surface area contributed by atoms with E-state index in [1.807, 2.05) is 0 Å². The summed E-state index contributed by atoms with van der Waals surface area (Å²) in [5.41, 5.74) is 0. The summed E-state index contributed by atoms with van der Waals surface area (Å²) in [5.74, 6) is -1.38. The largest absolute Gasteiger partial charge is 0.473 e. The van der Waals surface area contributed by atoms with Gasteiger partial charge < -0.3 is 9.47 Å². The normalized spacial score (nSPS) is 10.0. The zero-order valence-corrected chi connectivity index (χ0v) is 9.81. The highest BCUT2D eigenvalue weighted by Crippen LogP contribution is 2.26. The van der Waals surface area contributed by atoms with Gasteiger partial charge in [-0.15, -0.1) is 0 Å². The molecule has 0 spiro atoms. The van der Waals surface area contributed by atoms with E-state index in [1.54, 1.807) is 0 Å². The minimum Gasteiger partial charge on any atom is -0.473 e. The fourth-order valence-corrected chi connectivity index (χ4v) is 1.27. The molecule has 16 heavy (non-hydrogen) atoms. The van der Waals surface area contributed by atoms with Crippen LogP contribution in [0.15, 0.2) is 6.07 Å². The predicted molar refractivity (Wildman–Crippen MR) is 56.3 cm³/mol. The van der Waals surface area contributed by atoms with Gasteiger partial charge in [0.05, 0.1) is 5.02 Å². The summed E-state index contributed by atoms with van der Waals surface area (Å²) < 4.78 is 22.5. The third-order valence-electron chi connectivity index (χ3n) is 1.48. The number of carbonyl (C=O) groups excluding carboxylic acids is 1. The summed E-state index contributed by atoms with van der Waals surface area (Å²) in [6.45, 7) is 1.35. The number of hydrogen-bond acceptors (Lipinski definition) is 4. The third kappa shape index (κ3) is 3.83. The number of carbonyl (C=O) groups is 1. The predicted octanol–water partition coefficient (Wildman–Crippen LogP) is 2.47. The van der Waals surface area contributed by atoms with Crippen LogP contribution < -0.4 is 4.74 Å². The van der Waals surface area contributed by atoms with Crippen molar-refractivity contribution in [2.75, 3.05) is 13.2 Å². The van der Waals surface area contributed by atoms with E-state index in [1.165, 1.54) is 13.0 Å². The topological polar surface area (TPSA) is 48.4 Å². The SMILES string of the molecule is CC(=O)OCCOc1nc(F)c(Cl)cc1Cl. The van der Waals surface area contributed by atoms with Gasteiger partial charge in [0.15, 0.2) is 0 Å². The van der Waals surface area contributed by atoms with Gasteiger partial charge in [0.25, 0.3) is 0 Å². The van der Waals surface area contributed by atoms with Crippen LogP contribution in [0.25, 0.3) is 0 Å². The summed E-state index contributed by atoms with van der Waals surface area (Å²) in [5, 5.41) is -0.0911. The van der Waals surface area contributed by atoms with Crippen molar-refractivity contribution in [1.82, 2.24) is 4.98 Å². The van der Waals surface area contributed by atoms with Gasteiger partial charge in [-0.05, 0) is 6.07 Å². The molecule has 0 bridgehead atoms. The van der Waals surface area contributed by atoms with Gasteiger partial charge in [-0.2, -0.15) is 9.37 Å². The summed E-state index contributed by atoms with van der Waals surface area (Å²) >= 11 is 11.1. The van der Waals surface area contributed by atoms with Crippen molar-refractivity contribution in [3.05, 3.63) is 22.1 Å². The number of halogens is 3. The average Bonchev–Trinajstić information content (AvgIpc) is 2.19. The van der Waals surface area contributed by atoms with Crippen LogP contribution in [0, 0.1) is 5.95 Å². The van der Waals surface area contributed by atoms with E-state index >= 15 is 0 Å². The highest BCUT2D eigenvalue weighted by atomic mass is 35.5. The van der Waals surface area contributed by atoms with E-state index in [9.17, 15) is 9.18 Å². The average molecular weight is 268 g/mol. The zero-order chi connectivity index (χ0) is 12.1. The van der Waals surface area contributed by atoms with Crippen LogP contribution in [0.3, 0.4) is 0 Å². The molecule has 0 saturated carbocycles. The lowest BCUT2D eigenvalue weighted by Crippen LogP contribution is -2.10. The van der Waals surface area contributed by atoms with Crippen molar-refractivity contribution < 1.29 is 18.7 Å². The van der Waals surface area contributed by atoms with Gasteiger partial charge in [-0.1, -0.05) is 23.2 Å². The molecular formula is C9H8Cl2FNO3. The van der Waals surface area contributed by atoms with E-state index < -0.39 is 11.9 Å². The van der Waals surface area contributed by atoms with E-state index in [2.05, 4.69) is 9.72 Å². The molecule has 0 aliphatic heterocycles. The monoisotopic (exact) mass is 267 g/mol. The van der Waals surface area contributed by atoms with Gasteiger partial charge in [0, 0.05) is 6.92 Å². The molecule has 0 atom stereocenters. The number of pyridine rings is 1. The molecule has 1 rings (SSSR count). The summed E-state index contributed by atoms with van der Waals surface area (Å²) in [7, 11) is 0. The lowest BCUT2D eigenvalue weighted by molar-refractivity contribution is -0.141. The Morgan fingerprint density at radius 3 is 2.75 bits per heavy atom. The summed E-state index contributed by atoms with van der Waals surface area (Å²) in [4.78, 5) is 13.8. The lowest BCUT2D eigenvalue weighted by Gasteiger charge is -2.07. The maximum Gasteiger partial charge on any atom is 0.302 e. The van der Waals surface area contributed by atoms with Crippen molar-refractivity contribution in [3.63, 3.8) is 0 Å². The number of hydrogen-bond donors (Lipinski definition) is 0. The van der Waals surface area contributed by atoms with Crippen LogP contribution in [0.1, 0.15) is 6.92 Å². The smallest absolute Gasteiger partial charge is 0.302 e. The van der Waals surface area contributed by atoms with Crippen molar-refractivity contribution >= 4 is 29.2 Å². The number of ether oxygens (including phenoxy) is 2. The molecule has 1 aromatic rings. The molecule has 0 amide bonds. The van der Waals surface area contributed by atoms with E-state index in [0.29, 0.717) is 0 Å². The second-order valence-corrected chi connectivity index (χ2v) is 3.55. The molecule has 0 aliphatic carbocycles. The minimum absolute atomic E-state index is 0.0351. The Labute approximate surface area is 101 Å².